The summed E-state index contributed by atoms with van der Waals surface area (Å²) in [6.45, 7) is 8.29. The molecule has 0 saturated carbocycles. The van der Waals surface area contributed by atoms with Crippen LogP contribution < -0.4 is 4.90 Å². The van der Waals surface area contributed by atoms with Crippen LogP contribution in [-0.4, -0.2) is 22.9 Å². The van der Waals surface area contributed by atoms with Crippen molar-refractivity contribution in [1.29, 1.82) is 0 Å². The zero-order valence-electron chi connectivity index (χ0n) is 12.9. The average molecular weight is 295 g/mol. The summed E-state index contributed by atoms with van der Waals surface area (Å²) in [4.78, 5) is 23.5. The standard InChI is InChI=1S/C14H21N3O4/c1-5-7-15(8-6-2)14-12(16(18)19)9-10(3)11(4)13(14)17(20)21/h9H,5-8H2,1-4H3. The topological polar surface area (TPSA) is 89.5 Å². The Kier molecular flexibility index (Phi) is 5.63. The number of nitro groups is 2. The molecule has 1 aromatic carbocycles. The first-order chi connectivity index (χ1) is 9.84. The zero-order chi connectivity index (χ0) is 16.2. The summed E-state index contributed by atoms with van der Waals surface area (Å²) in [6, 6.07) is 1.43. The van der Waals surface area contributed by atoms with Crippen LogP contribution in [0.4, 0.5) is 17.1 Å². The van der Waals surface area contributed by atoms with Crippen molar-refractivity contribution in [2.24, 2.45) is 0 Å². The Morgan fingerprint density at radius 1 is 1.05 bits per heavy atom. The van der Waals surface area contributed by atoms with E-state index < -0.39 is 9.85 Å². The molecule has 0 radical (unpaired) electrons. The van der Waals surface area contributed by atoms with E-state index in [9.17, 15) is 20.2 Å². The molecule has 116 valence electrons. The van der Waals surface area contributed by atoms with Gasteiger partial charge in [-0.2, -0.15) is 0 Å². The molecule has 0 aliphatic rings. The lowest BCUT2D eigenvalue weighted by molar-refractivity contribution is -0.393. The number of nitro benzene ring substituents is 2. The first-order valence-corrected chi connectivity index (χ1v) is 7.03. The molecule has 7 heteroatoms. The molecule has 0 aromatic heterocycles. The van der Waals surface area contributed by atoms with Crippen molar-refractivity contribution in [2.75, 3.05) is 18.0 Å². The van der Waals surface area contributed by atoms with Crippen molar-refractivity contribution in [1.82, 2.24) is 0 Å². The maximum Gasteiger partial charge on any atom is 0.302 e. The van der Waals surface area contributed by atoms with Crippen LogP contribution in [0.3, 0.4) is 0 Å². The maximum absolute atomic E-state index is 11.4. The number of rotatable bonds is 7. The second-order valence-corrected chi connectivity index (χ2v) is 5.04. The highest BCUT2D eigenvalue weighted by molar-refractivity contribution is 5.78. The molecule has 0 fully saturated rings. The van der Waals surface area contributed by atoms with Gasteiger partial charge in [-0.05, 0) is 32.3 Å². The summed E-state index contributed by atoms with van der Waals surface area (Å²) in [6.07, 6.45) is 1.53. The Hall–Kier alpha value is -2.18. The summed E-state index contributed by atoms with van der Waals surface area (Å²) in [5.74, 6) is 0. The summed E-state index contributed by atoms with van der Waals surface area (Å²) in [5, 5.41) is 22.8. The van der Waals surface area contributed by atoms with Crippen LogP contribution in [0.25, 0.3) is 0 Å². The van der Waals surface area contributed by atoms with Gasteiger partial charge in [-0.1, -0.05) is 13.8 Å². The zero-order valence-corrected chi connectivity index (χ0v) is 12.9. The number of hydrogen-bond acceptors (Lipinski definition) is 5. The Balaban J connectivity index is 3.67. The molecule has 7 nitrogen and oxygen atoms in total. The molecule has 0 N–H and O–H groups in total. The van der Waals surface area contributed by atoms with Crippen LogP contribution in [0.5, 0.6) is 0 Å². The van der Waals surface area contributed by atoms with Crippen molar-refractivity contribution in [3.63, 3.8) is 0 Å². The second-order valence-electron chi connectivity index (χ2n) is 5.04. The first-order valence-electron chi connectivity index (χ1n) is 7.03. The summed E-state index contributed by atoms with van der Waals surface area (Å²) in [5.41, 5.74) is 0.843. The van der Waals surface area contributed by atoms with E-state index in [4.69, 9.17) is 0 Å². The van der Waals surface area contributed by atoms with Crippen molar-refractivity contribution < 1.29 is 9.85 Å². The Morgan fingerprint density at radius 3 is 1.95 bits per heavy atom. The molecule has 0 heterocycles. The lowest BCUT2D eigenvalue weighted by atomic mass is 10.0. The summed E-state index contributed by atoms with van der Waals surface area (Å²) >= 11 is 0. The van der Waals surface area contributed by atoms with E-state index in [0.29, 0.717) is 24.2 Å². The fraction of sp³-hybridized carbons (Fsp3) is 0.571. The van der Waals surface area contributed by atoms with Crippen molar-refractivity contribution in [3.8, 4) is 0 Å². The first kappa shape index (κ1) is 16.9. The van der Waals surface area contributed by atoms with Crippen LogP contribution in [0.2, 0.25) is 0 Å². The molecule has 0 unspecified atom stereocenters. The van der Waals surface area contributed by atoms with Crippen LogP contribution >= 0.6 is 0 Å². The minimum absolute atomic E-state index is 0.136. The lowest BCUT2D eigenvalue weighted by Crippen LogP contribution is -2.27. The van der Waals surface area contributed by atoms with E-state index in [-0.39, 0.29) is 17.1 Å². The molecule has 0 atom stereocenters. The number of nitrogens with zero attached hydrogens (tertiary/aromatic N) is 3. The van der Waals surface area contributed by atoms with Gasteiger partial charge in [-0.15, -0.1) is 0 Å². The van der Waals surface area contributed by atoms with E-state index in [1.165, 1.54) is 6.07 Å². The van der Waals surface area contributed by atoms with E-state index in [2.05, 4.69) is 0 Å². The smallest absolute Gasteiger partial charge is 0.302 e. The minimum Gasteiger partial charge on any atom is -0.360 e. The molecule has 0 aliphatic carbocycles. The molecule has 0 aliphatic heterocycles. The van der Waals surface area contributed by atoms with E-state index in [1.807, 2.05) is 13.8 Å². The third kappa shape index (κ3) is 3.48. The number of aryl methyl sites for hydroxylation is 1. The van der Waals surface area contributed by atoms with Crippen LogP contribution in [-0.2, 0) is 0 Å². The SMILES string of the molecule is CCCN(CCC)c1c([N+](=O)[O-])cc(C)c(C)c1[N+](=O)[O-]. The van der Waals surface area contributed by atoms with Crippen molar-refractivity contribution >= 4 is 17.1 Å². The van der Waals surface area contributed by atoms with Gasteiger partial charge >= 0.3 is 5.69 Å². The molecule has 0 saturated heterocycles. The predicted molar refractivity (Wildman–Crippen MR) is 82.0 cm³/mol. The lowest BCUT2D eigenvalue weighted by Gasteiger charge is -2.24. The highest BCUT2D eigenvalue weighted by Gasteiger charge is 2.32. The minimum atomic E-state index is -0.535. The molecule has 1 rings (SSSR count). The highest BCUT2D eigenvalue weighted by atomic mass is 16.6. The van der Waals surface area contributed by atoms with Crippen LogP contribution in [0.1, 0.15) is 37.8 Å². The number of benzene rings is 1. The van der Waals surface area contributed by atoms with E-state index in [1.54, 1.807) is 18.7 Å². The third-order valence-corrected chi connectivity index (χ3v) is 3.45. The summed E-state index contributed by atoms with van der Waals surface area (Å²) in [7, 11) is 0. The fourth-order valence-corrected chi connectivity index (χ4v) is 2.42. The Morgan fingerprint density at radius 2 is 1.57 bits per heavy atom. The largest absolute Gasteiger partial charge is 0.360 e. The van der Waals surface area contributed by atoms with E-state index >= 15 is 0 Å². The van der Waals surface area contributed by atoms with E-state index in [0.717, 1.165) is 12.8 Å². The van der Waals surface area contributed by atoms with Gasteiger partial charge in [0.05, 0.1) is 9.85 Å². The predicted octanol–water partition coefficient (Wildman–Crippen LogP) is 3.75. The normalized spacial score (nSPS) is 10.5. The van der Waals surface area contributed by atoms with Crippen molar-refractivity contribution in [2.45, 2.75) is 40.5 Å². The monoisotopic (exact) mass is 295 g/mol. The van der Waals surface area contributed by atoms with Gasteiger partial charge in [0.1, 0.15) is 0 Å². The third-order valence-electron chi connectivity index (χ3n) is 3.45. The maximum atomic E-state index is 11.4. The van der Waals surface area contributed by atoms with Gasteiger partial charge in [-0.25, -0.2) is 0 Å². The number of hydrogen-bond donors (Lipinski definition) is 0. The molecule has 0 bridgehead atoms. The Labute approximate surface area is 123 Å². The van der Waals surface area contributed by atoms with Gasteiger partial charge in [-0.3, -0.25) is 20.2 Å². The molecular weight excluding hydrogens is 274 g/mol. The van der Waals surface area contributed by atoms with Gasteiger partial charge in [0.2, 0.25) is 0 Å². The molecular formula is C14H21N3O4. The van der Waals surface area contributed by atoms with Gasteiger partial charge in [0, 0.05) is 24.7 Å². The second kappa shape index (κ2) is 7.01. The summed E-state index contributed by atoms with van der Waals surface area (Å²) < 4.78 is 0. The highest BCUT2D eigenvalue weighted by Crippen LogP contribution is 2.41. The van der Waals surface area contributed by atoms with Crippen LogP contribution in [0.15, 0.2) is 6.07 Å². The van der Waals surface area contributed by atoms with Crippen molar-refractivity contribution in [3.05, 3.63) is 37.4 Å². The Bertz CT molecular complexity index is 552. The molecule has 0 amide bonds. The average Bonchev–Trinajstić information content (AvgIpc) is 2.40. The number of anilines is 1. The molecule has 0 spiro atoms. The molecule has 21 heavy (non-hydrogen) atoms. The molecule has 1 aromatic rings. The van der Waals surface area contributed by atoms with Gasteiger partial charge in [0.15, 0.2) is 5.69 Å². The van der Waals surface area contributed by atoms with Gasteiger partial charge < -0.3 is 4.90 Å². The quantitative estimate of drug-likeness (QED) is 0.564. The van der Waals surface area contributed by atoms with Gasteiger partial charge in [0.25, 0.3) is 5.69 Å². The fourth-order valence-electron chi connectivity index (χ4n) is 2.42. The van der Waals surface area contributed by atoms with Crippen LogP contribution in [0, 0.1) is 34.1 Å².